The largest absolute Gasteiger partial charge is 0.325 e. The van der Waals surface area contributed by atoms with Gasteiger partial charge in [-0.2, -0.15) is 0 Å². The van der Waals surface area contributed by atoms with Gasteiger partial charge in [0.25, 0.3) is 0 Å². The highest BCUT2D eigenvalue weighted by Crippen LogP contribution is 2.29. The van der Waals surface area contributed by atoms with E-state index in [0.29, 0.717) is 11.5 Å². The van der Waals surface area contributed by atoms with E-state index < -0.39 is 9.84 Å². The van der Waals surface area contributed by atoms with Crippen molar-refractivity contribution in [2.45, 2.75) is 56.5 Å². The highest BCUT2D eigenvalue weighted by molar-refractivity contribution is 7.91. The van der Waals surface area contributed by atoms with Gasteiger partial charge in [-0.1, -0.05) is 19.3 Å². The molecule has 2 aliphatic rings. The number of sulfone groups is 1. The molecule has 1 unspecified atom stereocenters. The van der Waals surface area contributed by atoms with Crippen molar-refractivity contribution in [2.75, 3.05) is 25.1 Å². The summed E-state index contributed by atoms with van der Waals surface area (Å²) in [5, 5.41) is 0. The van der Waals surface area contributed by atoms with Crippen LogP contribution in [0, 0.1) is 0 Å². The van der Waals surface area contributed by atoms with Crippen LogP contribution < -0.4 is 5.73 Å². The smallest absolute Gasteiger partial charge is 0.151 e. The third-order valence-electron chi connectivity index (χ3n) is 4.64. The molecule has 0 aromatic rings. The predicted molar refractivity (Wildman–Crippen MR) is 74.3 cm³/mol. The lowest BCUT2D eigenvalue weighted by atomic mass is 9.80. The topological polar surface area (TPSA) is 63.4 Å². The van der Waals surface area contributed by atoms with E-state index in [-0.39, 0.29) is 11.6 Å². The summed E-state index contributed by atoms with van der Waals surface area (Å²) in [7, 11) is -0.732. The zero-order chi connectivity index (χ0) is 13.2. The Balaban J connectivity index is 1.79. The Morgan fingerprint density at radius 1 is 1.28 bits per heavy atom. The number of hydrogen-bond donors (Lipinski definition) is 1. The summed E-state index contributed by atoms with van der Waals surface area (Å²) >= 11 is 0. The Labute approximate surface area is 111 Å². The van der Waals surface area contributed by atoms with Crippen LogP contribution in [0.4, 0.5) is 0 Å². The average molecular weight is 274 g/mol. The van der Waals surface area contributed by atoms with Crippen LogP contribution in [-0.4, -0.2) is 50.0 Å². The van der Waals surface area contributed by atoms with Crippen LogP contribution in [0.1, 0.15) is 44.9 Å². The molecule has 18 heavy (non-hydrogen) atoms. The van der Waals surface area contributed by atoms with E-state index >= 15 is 0 Å². The number of rotatable bonds is 4. The molecule has 2 fully saturated rings. The van der Waals surface area contributed by atoms with Crippen molar-refractivity contribution >= 4 is 9.84 Å². The van der Waals surface area contributed by atoms with E-state index in [0.717, 1.165) is 32.2 Å². The molecular formula is C13H26N2O2S. The maximum atomic E-state index is 11.5. The van der Waals surface area contributed by atoms with Gasteiger partial charge in [0.2, 0.25) is 0 Å². The molecule has 0 aromatic carbocycles. The van der Waals surface area contributed by atoms with E-state index in [1.807, 2.05) is 7.05 Å². The van der Waals surface area contributed by atoms with Crippen LogP contribution in [-0.2, 0) is 9.84 Å². The number of hydrogen-bond acceptors (Lipinski definition) is 4. The maximum absolute atomic E-state index is 11.5. The Bertz CT molecular complexity index is 374. The van der Waals surface area contributed by atoms with E-state index in [2.05, 4.69) is 4.90 Å². The molecule has 2 N–H and O–H groups in total. The van der Waals surface area contributed by atoms with Gasteiger partial charge in [0.1, 0.15) is 0 Å². The lowest BCUT2D eigenvalue weighted by Gasteiger charge is -2.35. The molecule has 1 aliphatic heterocycles. The molecule has 5 heteroatoms. The SMILES string of the molecule is CN(CCC1(N)CCCCC1)C1CCS(=O)(=O)C1. The Morgan fingerprint density at radius 2 is 1.94 bits per heavy atom. The van der Waals surface area contributed by atoms with Gasteiger partial charge in [0.15, 0.2) is 9.84 Å². The standard InChI is InChI=1S/C13H26N2O2S/c1-15(12-5-10-18(16,17)11-12)9-8-13(14)6-3-2-4-7-13/h12H,2-11,14H2,1H3. The average Bonchev–Trinajstić information content (AvgIpc) is 2.68. The van der Waals surface area contributed by atoms with Gasteiger partial charge < -0.3 is 10.6 Å². The monoisotopic (exact) mass is 274 g/mol. The molecule has 106 valence electrons. The highest BCUT2D eigenvalue weighted by atomic mass is 32.2. The summed E-state index contributed by atoms with van der Waals surface area (Å²) in [6.07, 6.45) is 7.86. The predicted octanol–water partition coefficient (Wildman–Crippen LogP) is 1.16. The van der Waals surface area contributed by atoms with Crippen molar-refractivity contribution in [1.29, 1.82) is 0 Å². The second-order valence-electron chi connectivity index (χ2n) is 6.21. The van der Waals surface area contributed by atoms with Crippen LogP contribution in [0.5, 0.6) is 0 Å². The first-order valence-corrected chi connectivity index (χ1v) is 8.92. The lowest BCUT2D eigenvalue weighted by Crippen LogP contribution is -2.45. The van der Waals surface area contributed by atoms with Crippen LogP contribution in [0.15, 0.2) is 0 Å². The van der Waals surface area contributed by atoms with E-state index in [9.17, 15) is 8.42 Å². The molecule has 0 spiro atoms. The summed E-state index contributed by atoms with van der Waals surface area (Å²) in [5.41, 5.74) is 6.42. The zero-order valence-corrected chi connectivity index (χ0v) is 12.2. The molecule has 0 aromatic heterocycles. The molecule has 0 radical (unpaired) electrons. The van der Waals surface area contributed by atoms with Crippen molar-refractivity contribution in [1.82, 2.24) is 4.90 Å². The molecule has 1 saturated heterocycles. The van der Waals surface area contributed by atoms with Gasteiger partial charge in [0, 0.05) is 11.6 Å². The van der Waals surface area contributed by atoms with E-state index in [1.165, 1.54) is 19.3 Å². The van der Waals surface area contributed by atoms with E-state index in [1.54, 1.807) is 0 Å². The minimum Gasteiger partial charge on any atom is -0.325 e. The van der Waals surface area contributed by atoms with Gasteiger partial charge in [-0.3, -0.25) is 0 Å². The fraction of sp³-hybridized carbons (Fsp3) is 1.00. The van der Waals surface area contributed by atoms with Gasteiger partial charge in [-0.05, 0) is 39.3 Å². The quantitative estimate of drug-likeness (QED) is 0.835. The van der Waals surface area contributed by atoms with Crippen LogP contribution in [0.2, 0.25) is 0 Å². The summed E-state index contributed by atoms with van der Waals surface area (Å²) in [5.74, 6) is 0.691. The summed E-state index contributed by atoms with van der Waals surface area (Å²) < 4.78 is 22.9. The Hall–Kier alpha value is -0.130. The van der Waals surface area contributed by atoms with Crippen molar-refractivity contribution in [3.05, 3.63) is 0 Å². The van der Waals surface area contributed by atoms with Crippen molar-refractivity contribution < 1.29 is 8.42 Å². The summed E-state index contributed by atoms with van der Waals surface area (Å²) in [6, 6.07) is 0.210. The molecule has 0 bridgehead atoms. The third kappa shape index (κ3) is 3.68. The van der Waals surface area contributed by atoms with Crippen LogP contribution in [0.3, 0.4) is 0 Å². The fourth-order valence-electron chi connectivity index (χ4n) is 3.21. The number of nitrogens with two attached hydrogens (primary N) is 1. The van der Waals surface area contributed by atoms with Crippen LogP contribution >= 0.6 is 0 Å². The summed E-state index contributed by atoms with van der Waals surface area (Å²) in [6.45, 7) is 0.927. The molecule has 4 nitrogen and oxygen atoms in total. The van der Waals surface area contributed by atoms with Crippen molar-refractivity contribution in [2.24, 2.45) is 5.73 Å². The van der Waals surface area contributed by atoms with Crippen molar-refractivity contribution in [3.63, 3.8) is 0 Å². The molecule has 0 amide bonds. The first-order valence-electron chi connectivity index (χ1n) is 7.10. The Kier molecular flexibility index (Phi) is 4.34. The minimum absolute atomic E-state index is 0.00396. The van der Waals surface area contributed by atoms with Gasteiger partial charge in [-0.25, -0.2) is 8.42 Å². The van der Waals surface area contributed by atoms with Gasteiger partial charge >= 0.3 is 0 Å². The fourth-order valence-corrected chi connectivity index (χ4v) is 5.02. The lowest BCUT2D eigenvalue weighted by molar-refractivity contribution is 0.202. The summed E-state index contributed by atoms with van der Waals surface area (Å²) in [4.78, 5) is 2.20. The molecule has 1 aliphatic carbocycles. The van der Waals surface area contributed by atoms with Crippen LogP contribution in [0.25, 0.3) is 0 Å². The molecule has 2 rings (SSSR count). The second kappa shape index (κ2) is 5.47. The van der Waals surface area contributed by atoms with Gasteiger partial charge in [0.05, 0.1) is 11.5 Å². The second-order valence-corrected chi connectivity index (χ2v) is 8.44. The third-order valence-corrected chi connectivity index (χ3v) is 6.39. The van der Waals surface area contributed by atoms with E-state index in [4.69, 9.17) is 5.73 Å². The minimum atomic E-state index is -2.77. The zero-order valence-electron chi connectivity index (χ0n) is 11.4. The highest BCUT2D eigenvalue weighted by Gasteiger charge is 2.32. The maximum Gasteiger partial charge on any atom is 0.151 e. The molecular weight excluding hydrogens is 248 g/mol. The van der Waals surface area contributed by atoms with Gasteiger partial charge in [-0.15, -0.1) is 0 Å². The first-order chi connectivity index (χ1) is 8.40. The first kappa shape index (κ1) is 14.3. The number of nitrogens with zero attached hydrogens (tertiary/aromatic N) is 1. The normalized spacial score (nSPS) is 30.7. The molecule has 1 heterocycles. The molecule has 1 saturated carbocycles. The van der Waals surface area contributed by atoms with Crippen molar-refractivity contribution in [3.8, 4) is 0 Å². The molecule has 1 atom stereocenters. The Morgan fingerprint density at radius 3 is 2.50 bits per heavy atom.